The Balaban J connectivity index is 1.87. The predicted octanol–water partition coefficient (Wildman–Crippen LogP) is 4.02. The van der Waals surface area contributed by atoms with E-state index >= 15 is 0 Å². The first-order valence-corrected chi connectivity index (χ1v) is 11.5. The van der Waals surface area contributed by atoms with Crippen molar-refractivity contribution in [2.45, 2.75) is 20.4 Å². The quantitative estimate of drug-likeness (QED) is 0.396. The van der Waals surface area contributed by atoms with Crippen LogP contribution in [0.4, 0.5) is 0 Å². The maximum absolute atomic E-state index is 13.9. The number of carbonyl (C=O) groups is 1. The average Bonchev–Trinajstić information content (AvgIpc) is 3.16. The number of primary amides is 1. The molecule has 0 fully saturated rings. The van der Waals surface area contributed by atoms with Crippen LogP contribution in [0, 0.1) is 13.8 Å². The van der Waals surface area contributed by atoms with Crippen LogP contribution >= 0.6 is 0 Å². The Kier molecular flexibility index (Phi) is 5.85. The van der Waals surface area contributed by atoms with Crippen LogP contribution in [0.1, 0.15) is 27.2 Å². The predicted molar refractivity (Wildman–Crippen MR) is 139 cm³/mol. The fourth-order valence-electron chi connectivity index (χ4n) is 4.23. The number of amides is 1. The molecule has 0 radical (unpaired) electrons. The summed E-state index contributed by atoms with van der Waals surface area (Å²) in [6.07, 6.45) is 0. The summed E-state index contributed by atoms with van der Waals surface area (Å²) in [5.74, 6) is 0.139. The Morgan fingerprint density at radius 2 is 1.72 bits per heavy atom. The van der Waals surface area contributed by atoms with Crippen molar-refractivity contribution in [3.05, 3.63) is 106 Å². The summed E-state index contributed by atoms with van der Waals surface area (Å²) in [6.45, 7) is 4.23. The van der Waals surface area contributed by atoms with E-state index in [0.29, 0.717) is 28.2 Å². The molecule has 0 atom stereocenters. The summed E-state index contributed by atoms with van der Waals surface area (Å²) in [4.78, 5) is 35.9. The first-order chi connectivity index (χ1) is 17.4. The first kappa shape index (κ1) is 23.0. The van der Waals surface area contributed by atoms with Gasteiger partial charge in [-0.25, -0.2) is 19.3 Å². The summed E-state index contributed by atoms with van der Waals surface area (Å²) >= 11 is 0. The maximum atomic E-state index is 13.9. The molecule has 0 aliphatic carbocycles. The van der Waals surface area contributed by atoms with Crippen molar-refractivity contribution in [2.24, 2.45) is 5.73 Å². The van der Waals surface area contributed by atoms with Crippen molar-refractivity contribution in [1.82, 2.24) is 19.1 Å². The van der Waals surface area contributed by atoms with Crippen LogP contribution in [0.15, 0.2) is 77.6 Å². The van der Waals surface area contributed by atoms with Gasteiger partial charge in [-0.2, -0.15) is 0 Å². The molecule has 8 nitrogen and oxygen atoms in total. The Morgan fingerprint density at radius 1 is 0.944 bits per heavy atom. The first-order valence-electron chi connectivity index (χ1n) is 11.5. The molecule has 36 heavy (non-hydrogen) atoms. The Bertz CT molecular complexity index is 1670. The topological polar surface area (TPSA) is 105 Å². The minimum Gasteiger partial charge on any atom is -0.497 e. The number of benzene rings is 3. The van der Waals surface area contributed by atoms with Crippen LogP contribution in [-0.2, 0) is 6.54 Å². The average molecular weight is 480 g/mol. The van der Waals surface area contributed by atoms with Crippen LogP contribution < -0.4 is 16.2 Å². The van der Waals surface area contributed by atoms with Crippen molar-refractivity contribution in [2.75, 3.05) is 7.11 Å². The molecule has 0 saturated carbocycles. The summed E-state index contributed by atoms with van der Waals surface area (Å²) in [7, 11) is 1.57. The number of nitrogens with zero attached hydrogens (tertiary/aromatic N) is 4. The highest BCUT2D eigenvalue weighted by molar-refractivity contribution is 6.02. The number of ether oxygens (including phenoxy) is 1. The molecule has 0 unspecified atom stereocenters. The molecule has 0 bridgehead atoms. The normalized spacial score (nSPS) is 11.1. The molecule has 3 aromatic carbocycles. The molecule has 2 N–H and O–H groups in total. The van der Waals surface area contributed by atoms with E-state index in [2.05, 4.69) is 4.98 Å². The number of carbonyl (C=O) groups excluding carboxylic acids is 1. The third kappa shape index (κ3) is 4.02. The monoisotopic (exact) mass is 479 g/mol. The van der Waals surface area contributed by atoms with Gasteiger partial charge in [0.1, 0.15) is 11.3 Å². The van der Waals surface area contributed by atoms with Crippen molar-refractivity contribution in [3.8, 4) is 22.8 Å². The standard InChI is InChI=1S/C28H25N5O3/c1-17-12-13-21(14-18(17)2)33-27-24(32(28(33)35)16-19-8-5-4-6-9-19)23(25(29)34)30-26(31-27)20-10-7-11-22(15-20)36-3/h4-15H,16H2,1-3H3,(H2,29,34). The SMILES string of the molecule is COc1cccc(-c2nc(C(N)=O)c3c(n2)n(-c2ccc(C)c(C)c2)c(=O)n3Cc2ccccc2)c1. The number of hydrogen-bond donors (Lipinski definition) is 1. The van der Waals surface area contributed by atoms with Crippen LogP contribution in [0.3, 0.4) is 0 Å². The number of hydrogen-bond acceptors (Lipinski definition) is 5. The van der Waals surface area contributed by atoms with Crippen LogP contribution in [0.25, 0.3) is 28.2 Å². The number of nitrogens with two attached hydrogens (primary N) is 1. The van der Waals surface area contributed by atoms with E-state index in [1.807, 2.05) is 74.5 Å². The van der Waals surface area contributed by atoms with Crippen LogP contribution in [0.5, 0.6) is 5.75 Å². The molecule has 0 aliphatic heterocycles. The van der Waals surface area contributed by atoms with Gasteiger partial charge in [0.2, 0.25) is 0 Å². The maximum Gasteiger partial charge on any atom is 0.335 e. The molecule has 8 heteroatoms. The molecule has 5 aromatic rings. The van der Waals surface area contributed by atoms with Gasteiger partial charge in [-0.1, -0.05) is 48.5 Å². The lowest BCUT2D eigenvalue weighted by Gasteiger charge is -2.09. The third-order valence-electron chi connectivity index (χ3n) is 6.26. The second-order valence-corrected chi connectivity index (χ2v) is 8.62. The Labute approximate surface area is 207 Å². The summed E-state index contributed by atoms with van der Waals surface area (Å²) in [6, 6.07) is 22.5. The smallest absolute Gasteiger partial charge is 0.335 e. The van der Waals surface area contributed by atoms with Crippen molar-refractivity contribution >= 4 is 17.1 Å². The van der Waals surface area contributed by atoms with Crippen molar-refractivity contribution < 1.29 is 9.53 Å². The second-order valence-electron chi connectivity index (χ2n) is 8.62. The van der Waals surface area contributed by atoms with E-state index < -0.39 is 5.91 Å². The lowest BCUT2D eigenvalue weighted by molar-refractivity contribution is 0.0997. The third-order valence-corrected chi connectivity index (χ3v) is 6.26. The van der Waals surface area contributed by atoms with Gasteiger partial charge < -0.3 is 10.5 Å². The molecule has 0 spiro atoms. The summed E-state index contributed by atoms with van der Waals surface area (Å²) in [5, 5.41) is 0. The minimum atomic E-state index is -0.745. The molecule has 1 amide bonds. The number of methoxy groups -OCH3 is 1. The van der Waals surface area contributed by atoms with Crippen LogP contribution in [-0.4, -0.2) is 32.1 Å². The number of rotatable bonds is 6. The van der Waals surface area contributed by atoms with Gasteiger partial charge in [-0.05, 0) is 54.8 Å². The van der Waals surface area contributed by atoms with Gasteiger partial charge >= 0.3 is 5.69 Å². The fraction of sp³-hybridized carbons (Fsp3) is 0.143. The molecular formula is C28H25N5O3. The highest BCUT2D eigenvalue weighted by Crippen LogP contribution is 2.26. The van der Waals surface area contributed by atoms with E-state index in [1.54, 1.807) is 19.2 Å². The van der Waals surface area contributed by atoms with Gasteiger partial charge in [0.25, 0.3) is 5.91 Å². The fourth-order valence-corrected chi connectivity index (χ4v) is 4.23. The highest BCUT2D eigenvalue weighted by atomic mass is 16.5. The second kappa shape index (κ2) is 9.14. The lowest BCUT2D eigenvalue weighted by Crippen LogP contribution is -2.24. The zero-order valence-electron chi connectivity index (χ0n) is 20.2. The highest BCUT2D eigenvalue weighted by Gasteiger charge is 2.24. The number of imidazole rings is 1. The van der Waals surface area contributed by atoms with E-state index in [-0.39, 0.29) is 23.8 Å². The van der Waals surface area contributed by atoms with Crippen molar-refractivity contribution in [3.63, 3.8) is 0 Å². The number of fused-ring (bicyclic) bond motifs is 1. The summed E-state index contributed by atoms with van der Waals surface area (Å²) < 4.78 is 8.37. The van der Waals surface area contributed by atoms with E-state index in [4.69, 9.17) is 15.5 Å². The Morgan fingerprint density at radius 3 is 2.42 bits per heavy atom. The molecule has 0 saturated heterocycles. The molecular weight excluding hydrogens is 454 g/mol. The van der Waals surface area contributed by atoms with Gasteiger partial charge in [0.15, 0.2) is 17.2 Å². The van der Waals surface area contributed by atoms with E-state index in [9.17, 15) is 9.59 Å². The van der Waals surface area contributed by atoms with Crippen LogP contribution in [0.2, 0.25) is 0 Å². The lowest BCUT2D eigenvalue weighted by atomic mass is 10.1. The minimum absolute atomic E-state index is 0.0200. The molecule has 2 heterocycles. The molecule has 0 aliphatic rings. The van der Waals surface area contributed by atoms with Gasteiger partial charge in [-0.15, -0.1) is 0 Å². The largest absolute Gasteiger partial charge is 0.497 e. The van der Waals surface area contributed by atoms with Crippen molar-refractivity contribution in [1.29, 1.82) is 0 Å². The number of aromatic nitrogens is 4. The molecule has 5 rings (SSSR count). The Hall–Kier alpha value is -4.72. The van der Waals surface area contributed by atoms with Gasteiger partial charge in [-0.3, -0.25) is 9.36 Å². The van der Waals surface area contributed by atoms with Gasteiger partial charge in [0.05, 0.1) is 19.3 Å². The number of aryl methyl sites for hydroxylation is 2. The molecule has 180 valence electrons. The molecule has 2 aromatic heterocycles. The summed E-state index contributed by atoms with van der Waals surface area (Å²) in [5.41, 5.74) is 10.4. The van der Waals surface area contributed by atoms with Gasteiger partial charge in [0, 0.05) is 5.56 Å². The zero-order chi connectivity index (χ0) is 25.4. The van der Waals surface area contributed by atoms with E-state index in [0.717, 1.165) is 16.7 Å². The van der Waals surface area contributed by atoms with E-state index in [1.165, 1.54) is 9.13 Å². The zero-order valence-corrected chi connectivity index (χ0v) is 20.2.